The van der Waals surface area contributed by atoms with Crippen LogP contribution in [0.4, 0.5) is 5.69 Å². The molecule has 0 atom stereocenters. The van der Waals surface area contributed by atoms with E-state index in [1.807, 2.05) is 0 Å². The van der Waals surface area contributed by atoms with Gasteiger partial charge in [0, 0.05) is 12.1 Å². The Morgan fingerprint density at radius 1 is 0.964 bits per heavy atom. The van der Waals surface area contributed by atoms with Crippen molar-refractivity contribution in [3.8, 4) is 5.75 Å². The first-order valence-corrected chi connectivity index (χ1v) is 9.06. The molecule has 0 aliphatic heterocycles. The fourth-order valence-electron chi connectivity index (χ4n) is 0.858. The van der Waals surface area contributed by atoms with Crippen molar-refractivity contribution < 1.29 is 44.2 Å². The number of aliphatic hydroxyl groups excluding tert-OH is 4. The zero-order chi connectivity index (χ0) is 22.6. The van der Waals surface area contributed by atoms with Gasteiger partial charge in [-0.15, -0.1) is 0 Å². The number of nitrogens with two attached hydrogens (primary N) is 2. The molecule has 8 N–H and O–H groups in total. The van der Waals surface area contributed by atoms with Crippen LogP contribution in [0.5, 0.6) is 5.75 Å². The Morgan fingerprint density at radius 2 is 1.29 bits per heavy atom. The summed E-state index contributed by atoms with van der Waals surface area (Å²) in [5.41, 5.74) is 8.60. The number of nitrogens with zero attached hydrogens (tertiary/aromatic N) is 1. The molecule has 0 spiro atoms. The van der Waals surface area contributed by atoms with Crippen molar-refractivity contribution >= 4 is 13.5 Å². The molecule has 0 saturated heterocycles. The molecule has 0 radical (unpaired) electrons. The Bertz CT molecular complexity index is 590. The van der Waals surface area contributed by atoms with Crippen molar-refractivity contribution in [3.05, 3.63) is 34.4 Å². The summed E-state index contributed by atoms with van der Waals surface area (Å²) in [5, 5.41) is 43.4. The summed E-state index contributed by atoms with van der Waals surface area (Å²) in [4.78, 5) is 29.8. The van der Waals surface area contributed by atoms with Gasteiger partial charge in [-0.25, -0.2) is 0 Å². The first-order valence-electron chi connectivity index (χ1n) is 7.60. The number of hydrogen-bond acceptors (Lipinski definition) is 12. The Kier molecular flexibility index (Phi) is 13.0. The molecule has 0 fully saturated rings. The number of phosphoric ester groups is 1. The monoisotopic (exact) mass is 427 g/mol. The molecule has 0 heterocycles. The highest BCUT2D eigenvalue weighted by Crippen LogP contribution is 2.29. The molecule has 0 aliphatic carbocycles. The summed E-state index contributed by atoms with van der Waals surface area (Å²) < 4.78 is 14.1. The summed E-state index contributed by atoms with van der Waals surface area (Å²) in [7, 11) is -5.10. The highest BCUT2D eigenvalue weighted by Gasteiger charge is 2.14. The van der Waals surface area contributed by atoms with Crippen LogP contribution >= 0.6 is 7.82 Å². The van der Waals surface area contributed by atoms with E-state index in [2.05, 4.69) is 4.52 Å². The fraction of sp³-hybridized carbons (Fsp3) is 0.571. The van der Waals surface area contributed by atoms with E-state index >= 15 is 0 Å². The smallest absolute Gasteiger partial charge is 0.269 e. The number of phosphoric acid groups is 1. The van der Waals surface area contributed by atoms with Crippen molar-refractivity contribution in [3.63, 3.8) is 0 Å². The van der Waals surface area contributed by atoms with E-state index in [9.17, 15) is 24.5 Å². The number of hydrogen-bond donors (Lipinski definition) is 6. The van der Waals surface area contributed by atoms with Crippen molar-refractivity contribution in [2.45, 2.75) is 24.9 Å². The van der Waals surface area contributed by atoms with Gasteiger partial charge in [-0.3, -0.25) is 10.1 Å². The SMILES string of the molecule is CC(N)(CO)CO.CC(N)(CO)CO.O=[N+]([O-])c1ccc(OP(=O)([O-])[O-])cc1. The standard InChI is InChI=1S/C6H6NO6P.2C4H11NO2/c8-7(9)5-1-3-6(4-2-5)13-14(10,11)12;2*1-4(5,2-6)3-7/h1-4H,(H2,10,11,12);2*6-7H,2-3,5H2,1H3/p-2. The first-order chi connectivity index (χ1) is 12.6. The van der Waals surface area contributed by atoms with E-state index in [1.165, 1.54) is 0 Å². The summed E-state index contributed by atoms with van der Waals surface area (Å²) >= 11 is 0. The predicted octanol–water partition coefficient (Wildman–Crippen LogP) is -2.82. The fourth-order valence-corrected chi connectivity index (χ4v) is 1.24. The topological polar surface area (TPSA) is 249 Å². The maximum atomic E-state index is 10.2. The van der Waals surface area contributed by atoms with Gasteiger partial charge < -0.3 is 50.8 Å². The van der Waals surface area contributed by atoms with E-state index in [0.29, 0.717) is 0 Å². The van der Waals surface area contributed by atoms with Gasteiger partial charge in [-0.2, -0.15) is 0 Å². The molecule has 28 heavy (non-hydrogen) atoms. The minimum atomic E-state index is -5.10. The van der Waals surface area contributed by atoms with Crippen LogP contribution in [0, 0.1) is 10.1 Å². The molecule has 0 aliphatic rings. The van der Waals surface area contributed by atoms with Crippen LogP contribution in [0.1, 0.15) is 13.8 Å². The van der Waals surface area contributed by atoms with Gasteiger partial charge in [-0.05, 0) is 26.0 Å². The maximum absolute atomic E-state index is 10.2. The van der Waals surface area contributed by atoms with Crippen LogP contribution in [0.3, 0.4) is 0 Å². The van der Waals surface area contributed by atoms with Gasteiger partial charge >= 0.3 is 0 Å². The highest BCUT2D eigenvalue weighted by molar-refractivity contribution is 7.43. The average molecular weight is 427 g/mol. The van der Waals surface area contributed by atoms with Crippen molar-refractivity contribution in [2.75, 3.05) is 26.4 Å². The normalized spacial score (nSPS) is 11.5. The largest absolute Gasteiger partial charge is 0.780 e. The number of benzene rings is 1. The van der Waals surface area contributed by atoms with E-state index in [0.717, 1.165) is 24.3 Å². The van der Waals surface area contributed by atoms with Crippen LogP contribution in [0.25, 0.3) is 0 Å². The number of nitro benzene ring substituents is 1. The van der Waals surface area contributed by atoms with E-state index in [1.54, 1.807) is 13.8 Å². The number of aliphatic hydroxyl groups is 4. The third kappa shape index (κ3) is 15.4. The predicted molar refractivity (Wildman–Crippen MR) is 94.9 cm³/mol. The molecular weight excluding hydrogens is 401 g/mol. The molecule has 0 saturated carbocycles. The lowest BCUT2D eigenvalue weighted by Crippen LogP contribution is -2.43. The third-order valence-corrected chi connectivity index (χ3v) is 3.14. The van der Waals surface area contributed by atoms with Crippen LogP contribution in [-0.2, 0) is 4.57 Å². The Balaban J connectivity index is 0. The second kappa shape index (κ2) is 12.7. The lowest BCUT2D eigenvalue weighted by atomic mass is 10.1. The Hall–Kier alpha value is -1.67. The minimum absolute atomic E-state index is 0.177. The average Bonchev–Trinajstić information content (AvgIpc) is 2.62. The van der Waals surface area contributed by atoms with Crippen molar-refractivity contribution in [1.29, 1.82) is 0 Å². The molecule has 164 valence electrons. The molecule has 0 amide bonds. The van der Waals surface area contributed by atoms with Crippen LogP contribution < -0.4 is 25.8 Å². The lowest BCUT2D eigenvalue weighted by Gasteiger charge is -2.28. The number of nitro groups is 1. The van der Waals surface area contributed by atoms with Gasteiger partial charge in [0.15, 0.2) is 0 Å². The zero-order valence-corrected chi connectivity index (χ0v) is 16.3. The highest BCUT2D eigenvalue weighted by atomic mass is 31.2. The quantitative estimate of drug-likeness (QED) is 0.146. The lowest BCUT2D eigenvalue weighted by molar-refractivity contribution is -0.384. The number of non-ortho nitro benzene ring substituents is 1. The Labute approximate surface area is 161 Å². The molecule has 0 bridgehead atoms. The zero-order valence-electron chi connectivity index (χ0n) is 15.4. The van der Waals surface area contributed by atoms with E-state index in [4.69, 9.17) is 31.9 Å². The van der Waals surface area contributed by atoms with Crippen LogP contribution in [-0.4, -0.2) is 62.9 Å². The van der Waals surface area contributed by atoms with Gasteiger partial charge in [0.25, 0.3) is 5.69 Å². The van der Waals surface area contributed by atoms with Crippen molar-refractivity contribution in [2.24, 2.45) is 11.5 Å². The van der Waals surface area contributed by atoms with Gasteiger partial charge in [0.05, 0.1) is 42.4 Å². The summed E-state index contributed by atoms with van der Waals surface area (Å²) in [6.07, 6.45) is 0. The Morgan fingerprint density at radius 3 is 1.46 bits per heavy atom. The molecule has 0 unspecified atom stereocenters. The summed E-state index contributed by atoms with van der Waals surface area (Å²) in [6.45, 7) is 2.44. The molecule has 1 aromatic rings. The van der Waals surface area contributed by atoms with Crippen LogP contribution in [0.15, 0.2) is 24.3 Å². The van der Waals surface area contributed by atoms with Gasteiger partial charge in [0.1, 0.15) is 13.6 Å². The maximum Gasteiger partial charge on any atom is 0.269 e. The van der Waals surface area contributed by atoms with E-state index in [-0.39, 0.29) is 37.9 Å². The molecule has 1 aromatic carbocycles. The molecule has 1 rings (SSSR count). The minimum Gasteiger partial charge on any atom is -0.780 e. The molecule has 0 aromatic heterocycles. The number of rotatable bonds is 7. The van der Waals surface area contributed by atoms with Crippen molar-refractivity contribution in [1.82, 2.24) is 0 Å². The van der Waals surface area contributed by atoms with Crippen LogP contribution in [0.2, 0.25) is 0 Å². The molecule has 14 heteroatoms. The second-order valence-corrected chi connectivity index (χ2v) is 7.31. The van der Waals surface area contributed by atoms with E-state index < -0.39 is 23.8 Å². The summed E-state index contributed by atoms with van der Waals surface area (Å²) in [6, 6.07) is 4.12. The second-order valence-electron chi connectivity index (χ2n) is 6.23. The van der Waals surface area contributed by atoms with Gasteiger partial charge in [-0.1, -0.05) is 0 Å². The summed E-state index contributed by atoms with van der Waals surface area (Å²) in [5.74, 6) is -0.246. The third-order valence-electron chi connectivity index (χ3n) is 2.71. The first kappa shape index (κ1) is 28.5. The molecule has 13 nitrogen and oxygen atoms in total. The van der Waals surface area contributed by atoms with Gasteiger partial charge in [0.2, 0.25) is 0 Å². The molecular formula is C14H26N3O10P-2.